The molecule has 0 radical (unpaired) electrons. The minimum absolute atomic E-state index is 0.174. The van der Waals surface area contributed by atoms with Gasteiger partial charge in [-0.25, -0.2) is 13.4 Å². The van der Waals surface area contributed by atoms with Crippen molar-refractivity contribution in [2.45, 2.75) is 52.0 Å². The van der Waals surface area contributed by atoms with Gasteiger partial charge in [0.15, 0.2) is 0 Å². The summed E-state index contributed by atoms with van der Waals surface area (Å²) in [6, 6.07) is 5.17. The lowest BCUT2D eigenvalue weighted by atomic mass is 10.0. The molecule has 0 N–H and O–H groups in total. The van der Waals surface area contributed by atoms with E-state index in [1.165, 1.54) is 10.5 Å². The van der Waals surface area contributed by atoms with Crippen molar-refractivity contribution >= 4 is 15.7 Å². The lowest BCUT2D eigenvalue weighted by molar-refractivity contribution is 0.288. The van der Waals surface area contributed by atoms with Crippen LogP contribution in [0.15, 0.2) is 34.1 Å². The van der Waals surface area contributed by atoms with E-state index in [4.69, 9.17) is 0 Å². The van der Waals surface area contributed by atoms with Crippen LogP contribution in [0.25, 0.3) is 5.65 Å². The quantitative estimate of drug-likeness (QED) is 0.635. The van der Waals surface area contributed by atoms with Gasteiger partial charge in [0.05, 0.1) is 23.6 Å². The Balaban J connectivity index is 1.69. The number of hydrogen-bond donors (Lipinski definition) is 0. The maximum absolute atomic E-state index is 13.3. The first kappa shape index (κ1) is 20.7. The van der Waals surface area contributed by atoms with Crippen molar-refractivity contribution in [1.82, 2.24) is 23.5 Å². The fraction of sp³-hybridized carbons (Fsp3) is 0.476. The molecule has 0 bridgehead atoms. The van der Waals surface area contributed by atoms with Gasteiger partial charge >= 0.3 is 0 Å². The topological polar surface area (TPSA) is 89.6 Å². The van der Waals surface area contributed by atoms with Crippen LogP contribution in [0.1, 0.15) is 42.4 Å². The summed E-state index contributed by atoms with van der Waals surface area (Å²) in [5, 5.41) is 4.47. The number of nitrogens with zero attached hydrogens (tertiary/aromatic N) is 5. The van der Waals surface area contributed by atoms with Crippen molar-refractivity contribution in [3.8, 4) is 0 Å². The smallest absolute Gasteiger partial charge is 0.258 e. The fourth-order valence-corrected chi connectivity index (χ4v) is 5.89. The van der Waals surface area contributed by atoms with Crippen LogP contribution in [0, 0.1) is 26.7 Å². The Morgan fingerprint density at radius 1 is 1.13 bits per heavy atom. The molecule has 1 aliphatic rings. The highest BCUT2D eigenvalue weighted by molar-refractivity contribution is 7.89. The number of fused-ring (bicyclic) bond motifs is 1. The average Bonchev–Trinajstić information content (AvgIpc) is 2.95. The van der Waals surface area contributed by atoms with E-state index in [0.29, 0.717) is 41.7 Å². The van der Waals surface area contributed by atoms with E-state index in [2.05, 4.69) is 17.0 Å². The van der Waals surface area contributed by atoms with Crippen molar-refractivity contribution in [3.05, 3.63) is 57.4 Å². The van der Waals surface area contributed by atoms with Crippen LogP contribution in [0.4, 0.5) is 0 Å². The Morgan fingerprint density at radius 3 is 2.53 bits per heavy atom. The first-order chi connectivity index (χ1) is 14.2. The number of piperidine rings is 1. The van der Waals surface area contributed by atoms with Gasteiger partial charge in [0.2, 0.25) is 10.0 Å². The molecule has 160 valence electrons. The zero-order valence-corrected chi connectivity index (χ0v) is 18.6. The molecule has 0 saturated carbocycles. The molecule has 1 aliphatic heterocycles. The molecular weight excluding hydrogens is 402 g/mol. The summed E-state index contributed by atoms with van der Waals surface area (Å²) in [4.78, 5) is 17.3. The molecule has 8 nitrogen and oxygen atoms in total. The third-order valence-corrected chi connectivity index (χ3v) is 7.99. The molecule has 0 spiro atoms. The van der Waals surface area contributed by atoms with Gasteiger partial charge in [-0.3, -0.25) is 13.9 Å². The third kappa shape index (κ3) is 3.67. The van der Waals surface area contributed by atoms with Crippen molar-refractivity contribution in [2.75, 3.05) is 13.1 Å². The molecule has 0 unspecified atom stereocenters. The van der Waals surface area contributed by atoms with Crippen molar-refractivity contribution < 1.29 is 8.42 Å². The maximum atomic E-state index is 13.3. The van der Waals surface area contributed by atoms with Crippen LogP contribution in [-0.4, -0.2) is 45.0 Å². The van der Waals surface area contributed by atoms with E-state index in [1.807, 2.05) is 19.1 Å². The summed E-state index contributed by atoms with van der Waals surface area (Å²) in [5.74, 6) is 0.545. The molecule has 0 amide bonds. The zero-order valence-electron chi connectivity index (χ0n) is 17.8. The van der Waals surface area contributed by atoms with Gasteiger partial charge in [-0.2, -0.15) is 9.40 Å². The SMILES string of the molecule is Cc1ccn2c(=O)cc(Cn3nc(C)c(S(=O)(=O)N4CCC(C)CC4)c3C)nc2c1. The minimum Gasteiger partial charge on any atom is -0.269 e. The Bertz CT molecular complexity index is 1270. The van der Waals surface area contributed by atoms with Crippen LogP contribution in [0.3, 0.4) is 0 Å². The van der Waals surface area contributed by atoms with Crippen LogP contribution >= 0.6 is 0 Å². The molecule has 4 heterocycles. The Labute approximate surface area is 176 Å². The second-order valence-corrected chi connectivity index (χ2v) is 10.1. The van der Waals surface area contributed by atoms with Gasteiger partial charge in [-0.05, 0) is 57.2 Å². The summed E-state index contributed by atoms with van der Waals surface area (Å²) in [6.45, 7) is 8.88. The van der Waals surface area contributed by atoms with Gasteiger partial charge in [0, 0.05) is 25.4 Å². The Kier molecular flexibility index (Phi) is 5.27. The molecule has 4 rings (SSSR count). The van der Waals surface area contributed by atoms with E-state index < -0.39 is 10.0 Å². The molecule has 0 aliphatic carbocycles. The first-order valence-electron chi connectivity index (χ1n) is 10.2. The van der Waals surface area contributed by atoms with Gasteiger partial charge in [-0.15, -0.1) is 0 Å². The molecule has 30 heavy (non-hydrogen) atoms. The summed E-state index contributed by atoms with van der Waals surface area (Å²) in [6.07, 6.45) is 3.45. The highest BCUT2D eigenvalue weighted by Crippen LogP contribution is 2.27. The summed E-state index contributed by atoms with van der Waals surface area (Å²) < 4.78 is 31.2. The van der Waals surface area contributed by atoms with E-state index >= 15 is 0 Å². The standard InChI is InChI=1S/C21H27N5O3S/c1-14-5-8-24(9-6-14)30(28,29)21-16(3)23-26(17(21)4)13-18-12-20(27)25-10-7-15(2)11-19(25)22-18/h7,10-12,14H,5-6,8-9,13H2,1-4H3. The molecular formula is C21H27N5O3S. The largest absolute Gasteiger partial charge is 0.269 e. The maximum Gasteiger partial charge on any atom is 0.258 e. The predicted octanol–water partition coefficient (Wildman–Crippen LogP) is 2.29. The van der Waals surface area contributed by atoms with Crippen LogP contribution in [0.5, 0.6) is 0 Å². The number of pyridine rings is 1. The van der Waals surface area contributed by atoms with E-state index in [0.717, 1.165) is 18.4 Å². The van der Waals surface area contributed by atoms with Crippen LogP contribution in [-0.2, 0) is 16.6 Å². The molecule has 1 fully saturated rings. The normalized spacial score (nSPS) is 16.4. The van der Waals surface area contributed by atoms with Gasteiger partial charge < -0.3 is 0 Å². The van der Waals surface area contributed by atoms with Gasteiger partial charge in [0.25, 0.3) is 5.56 Å². The lowest BCUT2D eigenvalue weighted by Crippen LogP contribution is -2.38. The number of sulfonamides is 1. The minimum atomic E-state index is -3.60. The number of aryl methyl sites for hydroxylation is 2. The fourth-order valence-electron chi connectivity index (χ4n) is 4.05. The van der Waals surface area contributed by atoms with Gasteiger partial charge in [0.1, 0.15) is 10.5 Å². The zero-order chi connectivity index (χ0) is 21.6. The molecule has 3 aromatic heterocycles. The van der Waals surface area contributed by atoms with E-state index in [9.17, 15) is 13.2 Å². The Morgan fingerprint density at radius 2 is 1.83 bits per heavy atom. The second kappa shape index (κ2) is 7.63. The molecule has 0 atom stereocenters. The summed E-state index contributed by atoms with van der Waals surface area (Å²) in [5.41, 5.74) is 2.99. The van der Waals surface area contributed by atoms with Crippen LogP contribution < -0.4 is 5.56 Å². The van der Waals surface area contributed by atoms with E-state index in [1.54, 1.807) is 29.0 Å². The summed E-state index contributed by atoms with van der Waals surface area (Å²) >= 11 is 0. The highest BCUT2D eigenvalue weighted by Gasteiger charge is 2.33. The third-order valence-electron chi connectivity index (χ3n) is 5.84. The molecule has 9 heteroatoms. The van der Waals surface area contributed by atoms with E-state index in [-0.39, 0.29) is 17.0 Å². The number of hydrogen-bond acceptors (Lipinski definition) is 5. The number of rotatable bonds is 4. The second-order valence-electron chi connectivity index (χ2n) is 8.26. The lowest BCUT2D eigenvalue weighted by Gasteiger charge is -2.29. The number of aromatic nitrogens is 4. The Hall–Kier alpha value is -2.52. The molecule has 1 saturated heterocycles. The first-order valence-corrected chi connectivity index (χ1v) is 11.6. The summed E-state index contributed by atoms with van der Waals surface area (Å²) in [7, 11) is -3.60. The van der Waals surface area contributed by atoms with Crippen LogP contribution in [0.2, 0.25) is 0 Å². The average molecular weight is 430 g/mol. The van der Waals surface area contributed by atoms with Crippen molar-refractivity contribution in [3.63, 3.8) is 0 Å². The van der Waals surface area contributed by atoms with Crippen molar-refractivity contribution in [1.29, 1.82) is 0 Å². The molecule has 3 aromatic rings. The highest BCUT2D eigenvalue weighted by atomic mass is 32.2. The van der Waals surface area contributed by atoms with Crippen molar-refractivity contribution in [2.24, 2.45) is 5.92 Å². The molecule has 0 aromatic carbocycles. The predicted molar refractivity (Wildman–Crippen MR) is 114 cm³/mol. The van der Waals surface area contributed by atoms with Gasteiger partial charge in [-0.1, -0.05) is 6.92 Å². The monoisotopic (exact) mass is 429 g/mol.